The van der Waals surface area contributed by atoms with Crippen molar-refractivity contribution in [3.8, 4) is 0 Å². The number of aldehydes is 1. The second kappa shape index (κ2) is 3.70. The number of carbonyl (C=O) groups is 1. The van der Waals surface area contributed by atoms with Crippen molar-refractivity contribution in [3.63, 3.8) is 0 Å². The Labute approximate surface area is 68.5 Å². The van der Waals surface area contributed by atoms with Crippen LogP contribution in [0, 0.1) is 11.8 Å². The first-order valence-corrected chi connectivity index (χ1v) is 4.38. The number of hydrogen-bond acceptors (Lipinski definition) is 1. The highest BCUT2D eigenvalue weighted by Gasteiger charge is 2.14. The fourth-order valence-corrected chi connectivity index (χ4v) is 1.52. The maximum Gasteiger partial charge on any atom is 0.123 e. The van der Waals surface area contributed by atoms with Crippen molar-refractivity contribution in [2.75, 3.05) is 0 Å². The Kier molecular flexibility index (Phi) is 2.86. The van der Waals surface area contributed by atoms with E-state index in [-0.39, 0.29) is 0 Å². The van der Waals surface area contributed by atoms with E-state index in [1.165, 1.54) is 5.57 Å². The Balaban J connectivity index is 2.50. The Bertz CT molecular complexity index is 168. The van der Waals surface area contributed by atoms with Crippen LogP contribution in [0.4, 0.5) is 0 Å². The minimum Gasteiger partial charge on any atom is -0.303 e. The van der Waals surface area contributed by atoms with E-state index in [4.69, 9.17) is 0 Å². The highest BCUT2D eigenvalue weighted by molar-refractivity contribution is 5.54. The summed E-state index contributed by atoms with van der Waals surface area (Å²) in [6.07, 6.45) is 6.49. The SMILES string of the molecule is CC(C)C1=CCC(C=O)CC1. The van der Waals surface area contributed by atoms with E-state index in [9.17, 15) is 4.79 Å². The van der Waals surface area contributed by atoms with E-state index < -0.39 is 0 Å². The van der Waals surface area contributed by atoms with Gasteiger partial charge in [-0.1, -0.05) is 25.5 Å². The highest BCUT2D eigenvalue weighted by atomic mass is 16.1. The molecule has 0 spiro atoms. The molecular weight excluding hydrogens is 136 g/mol. The van der Waals surface area contributed by atoms with Gasteiger partial charge >= 0.3 is 0 Å². The van der Waals surface area contributed by atoms with E-state index in [0.717, 1.165) is 25.5 Å². The van der Waals surface area contributed by atoms with Gasteiger partial charge in [0.2, 0.25) is 0 Å². The fraction of sp³-hybridized carbons (Fsp3) is 0.700. The van der Waals surface area contributed by atoms with Gasteiger partial charge in [0.15, 0.2) is 0 Å². The summed E-state index contributed by atoms with van der Waals surface area (Å²) in [5.74, 6) is 0.972. The Morgan fingerprint density at radius 2 is 2.36 bits per heavy atom. The van der Waals surface area contributed by atoms with Crippen LogP contribution in [0.2, 0.25) is 0 Å². The lowest BCUT2D eigenvalue weighted by atomic mass is 9.86. The van der Waals surface area contributed by atoms with Crippen molar-refractivity contribution >= 4 is 6.29 Å². The molecular formula is C10H16O. The van der Waals surface area contributed by atoms with Gasteiger partial charge in [-0.2, -0.15) is 0 Å². The van der Waals surface area contributed by atoms with Crippen molar-refractivity contribution in [3.05, 3.63) is 11.6 Å². The van der Waals surface area contributed by atoms with Gasteiger partial charge < -0.3 is 4.79 Å². The van der Waals surface area contributed by atoms with Crippen LogP contribution in [-0.2, 0) is 4.79 Å². The maximum absolute atomic E-state index is 10.4. The molecule has 0 bridgehead atoms. The molecule has 0 aliphatic heterocycles. The molecule has 0 saturated heterocycles. The quantitative estimate of drug-likeness (QED) is 0.439. The van der Waals surface area contributed by atoms with Crippen LogP contribution in [-0.4, -0.2) is 6.29 Å². The van der Waals surface area contributed by atoms with Gasteiger partial charge in [-0.25, -0.2) is 0 Å². The first-order valence-electron chi connectivity index (χ1n) is 4.38. The third-order valence-corrected chi connectivity index (χ3v) is 2.42. The topological polar surface area (TPSA) is 17.1 Å². The van der Waals surface area contributed by atoms with E-state index in [1.54, 1.807) is 0 Å². The van der Waals surface area contributed by atoms with Gasteiger partial charge in [-0.15, -0.1) is 0 Å². The van der Waals surface area contributed by atoms with E-state index >= 15 is 0 Å². The highest BCUT2D eigenvalue weighted by Crippen LogP contribution is 2.26. The monoisotopic (exact) mass is 152 g/mol. The number of carbonyl (C=O) groups excluding carboxylic acids is 1. The summed E-state index contributed by atoms with van der Waals surface area (Å²) >= 11 is 0. The predicted octanol–water partition coefficient (Wildman–Crippen LogP) is 2.57. The van der Waals surface area contributed by atoms with Crippen LogP contribution in [0.1, 0.15) is 33.1 Å². The molecule has 0 aromatic rings. The molecule has 62 valence electrons. The molecule has 0 aromatic carbocycles. The van der Waals surface area contributed by atoms with Gasteiger partial charge in [0.05, 0.1) is 0 Å². The summed E-state index contributed by atoms with van der Waals surface area (Å²) in [7, 11) is 0. The summed E-state index contributed by atoms with van der Waals surface area (Å²) in [5, 5.41) is 0. The third kappa shape index (κ3) is 2.18. The van der Waals surface area contributed by atoms with Crippen LogP contribution in [0.3, 0.4) is 0 Å². The zero-order valence-corrected chi connectivity index (χ0v) is 7.34. The maximum atomic E-state index is 10.4. The number of allylic oxidation sites excluding steroid dienone is 2. The Morgan fingerprint density at radius 3 is 2.73 bits per heavy atom. The van der Waals surface area contributed by atoms with Gasteiger partial charge in [0.25, 0.3) is 0 Å². The van der Waals surface area contributed by atoms with E-state index in [0.29, 0.717) is 11.8 Å². The van der Waals surface area contributed by atoms with Crippen LogP contribution >= 0.6 is 0 Å². The third-order valence-electron chi connectivity index (χ3n) is 2.42. The van der Waals surface area contributed by atoms with Crippen LogP contribution in [0.25, 0.3) is 0 Å². The minimum absolute atomic E-state index is 0.303. The normalized spacial score (nSPS) is 25.0. The van der Waals surface area contributed by atoms with E-state index in [1.807, 2.05) is 0 Å². The lowest BCUT2D eigenvalue weighted by molar-refractivity contribution is -0.111. The molecule has 0 N–H and O–H groups in total. The summed E-state index contributed by atoms with van der Waals surface area (Å²) in [6.45, 7) is 4.43. The second-order valence-corrected chi connectivity index (χ2v) is 3.60. The second-order valence-electron chi connectivity index (χ2n) is 3.60. The molecule has 1 aliphatic rings. The molecule has 1 nitrogen and oxygen atoms in total. The number of rotatable bonds is 2. The van der Waals surface area contributed by atoms with Crippen LogP contribution in [0.15, 0.2) is 11.6 Å². The van der Waals surface area contributed by atoms with Crippen molar-refractivity contribution in [2.24, 2.45) is 11.8 Å². The van der Waals surface area contributed by atoms with Crippen molar-refractivity contribution in [1.29, 1.82) is 0 Å². The fourth-order valence-electron chi connectivity index (χ4n) is 1.52. The minimum atomic E-state index is 0.303. The largest absolute Gasteiger partial charge is 0.303 e. The van der Waals surface area contributed by atoms with Crippen molar-refractivity contribution < 1.29 is 4.79 Å². The van der Waals surface area contributed by atoms with Gasteiger partial charge in [-0.3, -0.25) is 0 Å². The smallest absolute Gasteiger partial charge is 0.123 e. The molecule has 0 heterocycles. The summed E-state index contributed by atoms with van der Waals surface area (Å²) < 4.78 is 0. The molecule has 1 unspecified atom stereocenters. The molecule has 0 saturated carbocycles. The van der Waals surface area contributed by atoms with Crippen molar-refractivity contribution in [1.82, 2.24) is 0 Å². The zero-order chi connectivity index (χ0) is 8.27. The molecule has 1 aliphatic carbocycles. The molecule has 0 aromatic heterocycles. The Hall–Kier alpha value is -0.590. The molecule has 1 atom stereocenters. The summed E-state index contributed by atoms with van der Waals surface area (Å²) in [6, 6.07) is 0. The molecule has 0 amide bonds. The first-order chi connectivity index (χ1) is 5.24. The molecule has 0 radical (unpaired) electrons. The van der Waals surface area contributed by atoms with Gasteiger partial charge in [-0.05, 0) is 25.2 Å². The first kappa shape index (κ1) is 8.51. The standard InChI is InChI=1S/C10H16O/c1-8(2)10-5-3-9(7-11)4-6-10/h5,7-9H,3-4,6H2,1-2H3. The van der Waals surface area contributed by atoms with Gasteiger partial charge in [0, 0.05) is 5.92 Å². The van der Waals surface area contributed by atoms with Crippen molar-refractivity contribution in [2.45, 2.75) is 33.1 Å². The van der Waals surface area contributed by atoms with Crippen LogP contribution < -0.4 is 0 Å². The van der Waals surface area contributed by atoms with E-state index in [2.05, 4.69) is 19.9 Å². The zero-order valence-electron chi connectivity index (χ0n) is 7.34. The summed E-state index contributed by atoms with van der Waals surface area (Å²) in [4.78, 5) is 10.4. The van der Waals surface area contributed by atoms with Crippen LogP contribution in [0.5, 0.6) is 0 Å². The Morgan fingerprint density at radius 1 is 1.64 bits per heavy atom. The predicted molar refractivity (Wildman–Crippen MR) is 46.3 cm³/mol. The molecule has 0 fully saturated rings. The van der Waals surface area contributed by atoms with Gasteiger partial charge in [0.1, 0.15) is 6.29 Å². The lowest BCUT2D eigenvalue weighted by Crippen LogP contribution is -2.09. The molecule has 1 heteroatoms. The average Bonchev–Trinajstić information content (AvgIpc) is 2.05. The molecule has 11 heavy (non-hydrogen) atoms. The lowest BCUT2D eigenvalue weighted by Gasteiger charge is -2.19. The average molecular weight is 152 g/mol. The summed E-state index contributed by atoms with van der Waals surface area (Å²) in [5.41, 5.74) is 1.53. The number of hydrogen-bond donors (Lipinski definition) is 0. The molecule has 1 rings (SSSR count).